The van der Waals surface area contributed by atoms with E-state index in [4.69, 9.17) is 0 Å². The first-order valence-electron chi connectivity index (χ1n) is 5.67. The van der Waals surface area contributed by atoms with Crippen molar-refractivity contribution in [1.29, 1.82) is 0 Å². The molecule has 0 amide bonds. The molecule has 0 unspecified atom stereocenters. The maximum atomic E-state index is 12.2. The highest BCUT2D eigenvalue weighted by molar-refractivity contribution is 5.71. The van der Waals surface area contributed by atoms with E-state index in [0.717, 1.165) is 11.2 Å². The minimum atomic E-state index is -0.0747. The third-order valence-electron chi connectivity index (χ3n) is 2.94. The lowest BCUT2D eigenvalue weighted by atomic mass is 10.3. The lowest BCUT2D eigenvalue weighted by molar-refractivity contribution is 0.721. The quantitative estimate of drug-likeness (QED) is 0.676. The fraction of sp³-hybridized carbons (Fsp3) is 0.154. The molecule has 0 fully saturated rings. The van der Waals surface area contributed by atoms with Gasteiger partial charge >= 0.3 is 5.69 Å². The van der Waals surface area contributed by atoms with Gasteiger partial charge in [0.15, 0.2) is 5.65 Å². The Labute approximate surface area is 103 Å². The zero-order chi connectivity index (χ0) is 12.5. The topological polar surface area (TPSA) is 52.7 Å². The molecule has 0 radical (unpaired) electrons. The Morgan fingerprint density at radius 3 is 2.72 bits per heavy atom. The molecule has 0 aliphatic heterocycles. The van der Waals surface area contributed by atoms with E-state index in [1.807, 2.05) is 30.3 Å². The molecule has 0 saturated carbocycles. The third-order valence-corrected chi connectivity index (χ3v) is 2.94. The molecule has 3 rings (SSSR count). The highest BCUT2D eigenvalue weighted by Gasteiger charge is 2.11. The lowest BCUT2D eigenvalue weighted by Crippen LogP contribution is -2.23. The SMILES string of the molecule is Cn1c(=O)n(Cc2ccccn2)c2cccnc21. The number of aryl methyl sites for hydroxylation is 1. The fourth-order valence-electron chi connectivity index (χ4n) is 2.04. The van der Waals surface area contributed by atoms with Crippen LogP contribution in [0.1, 0.15) is 5.69 Å². The van der Waals surface area contributed by atoms with Crippen LogP contribution in [0.4, 0.5) is 0 Å². The number of rotatable bonds is 2. The van der Waals surface area contributed by atoms with E-state index >= 15 is 0 Å². The van der Waals surface area contributed by atoms with Crippen LogP contribution in [0.3, 0.4) is 0 Å². The van der Waals surface area contributed by atoms with Crippen molar-refractivity contribution in [3.8, 4) is 0 Å². The minimum Gasteiger partial charge on any atom is -0.284 e. The van der Waals surface area contributed by atoms with Crippen molar-refractivity contribution in [3.05, 3.63) is 58.9 Å². The Kier molecular flexibility index (Phi) is 2.44. The van der Waals surface area contributed by atoms with E-state index in [9.17, 15) is 4.79 Å². The van der Waals surface area contributed by atoms with E-state index < -0.39 is 0 Å². The molecule has 0 aliphatic carbocycles. The first-order chi connectivity index (χ1) is 8.77. The summed E-state index contributed by atoms with van der Waals surface area (Å²) in [6.07, 6.45) is 3.41. The number of nitrogens with zero attached hydrogens (tertiary/aromatic N) is 4. The van der Waals surface area contributed by atoms with Crippen molar-refractivity contribution in [2.75, 3.05) is 0 Å². The molecular formula is C13H12N4O. The summed E-state index contributed by atoms with van der Waals surface area (Å²) in [5.41, 5.74) is 2.30. The van der Waals surface area contributed by atoms with Crippen LogP contribution >= 0.6 is 0 Å². The molecule has 0 atom stereocenters. The predicted octanol–water partition coefficient (Wildman–Crippen LogP) is 1.18. The minimum absolute atomic E-state index is 0.0747. The zero-order valence-corrected chi connectivity index (χ0v) is 9.95. The van der Waals surface area contributed by atoms with Crippen molar-refractivity contribution in [1.82, 2.24) is 19.1 Å². The first-order valence-corrected chi connectivity index (χ1v) is 5.67. The van der Waals surface area contributed by atoms with Crippen LogP contribution < -0.4 is 5.69 Å². The summed E-state index contributed by atoms with van der Waals surface area (Å²) in [5.74, 6) is 0. The Bertz CT molecular complexity index is 743. The molecular weight excluding hydrogens is 228 g/mol. The number of aromatic nitrogens is 4. The molecule has 90 valence electrons. The van der Waals surface area contributed by atoms with E-state index in [2.05, 4.69) is 9.97 Å². The molecule has 5 heteroatoms. The van der Waals surface area contributed by atoms with E-state index in [0.29, 0.717) is 12.2 Å². The highest BCUT2D eigenvalue weighted by Crippen LogP contribution is 2.09. The second kappa shape index (κ2) is 4.10. The van der Waals surface area contributed by atoms with Gasteiger partial charge in [-0.1, -0.05) is 6.07 Å². The average molecular weight is 240 g/mol. The third kappa shape index (κ3) is 1.60. The maximum Gasteiger partial charge on any atom is 0.330 e. The zero-order valence-electron chi connectivity index (χ0n) is 9.95. The summed E-state index contributed by atoms with van der Waals surface area (Å²) in [4.78, 5) is 20.6. The second-order valence-electron chi connectivity index (χ2n) is 4.09. The lowest BCUT2D eigenvalue weighted by Gasteiger charge is -2.01. The van der Waals surface area contributed by atoms with Crippen LogP contribution in [0.2, 0.25) is 0 Å². The van der Waals surface area contributed by atoms with Gasteiger partial charge in [-0.25, -0.2) is 9.78 Å². The van der Waals surface area contributed by atoms with Crippen molar-refractivity contribution in [2.24, 2.45) is 7.05 Å². The average Bonchev–Trinajstić information content (AvgIpc) is 2.66. The maximum absolute atomic E-state index is 12.2. The van der Waals surface area contributed by atoms with Crippen LogP contribution in [0.25, 0.3) is 11.2 Å². The van der Waals surface area contributed by atoms with Gasteiger partial charge < -0.3 is 0 Å². The van der Waals surface area contributed by atoms with Gasteiger partial charge in [-0.15, -0.1) is 0 Å². The molecule has 0 bridgehead atoms. The van der Waals surface area contributed by atoms with Gasteiger partial charge in [0.05, 0.1) is 17.8 Å². The van der Waals surface area contributed by atoms with Crippen LogP contribution in [-0.4, -0.2) is 19.1 Å². The van der Waals surface area contributed by atoms with Gasteiger partial charge in [0, 0.05) is 19.4 Å². The van der Waals surface area contributed by atoms with E-state index in [1.165, 1.54) is 0 Å². The molecule has 3 aromatic rings. The Morgan fingerprint density at radius 1 is 1.11 bits per heavy atom. The summed E-state index contributed by atoms with van der Waals surface area (Å²) in [5, 5.41) is 0. The summed E-state index contributed by atoms with van der Waals surface area (Å²) in [6.45, 7) is 0.461. The van der Waals surface area contributed by atoms with Crippen molar-refractivity contribution >= 4 is 11.2 Å². The largest absolute Gasteiger partial charge is 0.330 e. The summed E-state index contributed by atoms with van der Waals surface area (Å²) < 4.78 is 3.24. The fourth-order valence-corrected chi connectivity index (χ4v) is 2.04. The van der Waals surface area contributed by atoms with Gasteiger partial charge in [0.2, 0.25) is 0 Å². The monoisotopic (exact) mass is 240 g/mol. The molecule has 3 heterocycles. The van der Waals surface area contributed by atoms with Crippen molar-refractivity contribution < 1.29 is 0 Å². The van der Waals surface area contributed by atoms with Gasteiger partial charge in [0.25, 0.3) is 0 Å². The highest BCUT2D eigenvalue weighted by atomic mass is 16.1. The van der Waals surface area contributed by atoms with Gasteiger partial charge in [-0.2, -0.15) is 0 Å². The van der Waals surface area contributed by atoms with Gasteiger partial charge in [-0.3, -0.25) is 14.1 Å². The Balaban J connectivity index is 2.18. The second-order valence-corrected chi connectivity index (χ2v) is 4.09. The van der Waals surface area contributed by atoms with Gasteiger partial charge in [-0.05, 0) is 24.3 Å². The molecule has 0 aliphatic rings. The van der Waals surface area contributed by atoms with Crippen LogP contribution in [0.5, 0.6) is 0 Å². The van der Waals surface area contributed by atoms with Crippen LogP contribution in [0, 0.1) is 0 Å². The summed E-state index contributed by atoms with van der Waals surface area (Å²) in [6, 6.07) is 9.40. The first kappa shape index (κ1) is 10.7. The molecule has 0 N–H and O–H groups in total. The number of hydrogen-bond acceptors (Lipinski definition) is 3. The number of fused-ring (bicyclic) bond motifs is 1. The molecule has 0 saturated heterocycles. The number of hydrogen-bond donors (Lipinski definition) is 0. The summed E-state index contributed by atoms with van der Waals surface area (Å²) >= 11 is 0. The van der Waals surface area contributed by atoms with E-state index in [-0.39, 0.29) is 5.69 Å². The molecule has 5 nitrogen and oxygen atoms in total. The molecule has 3 aromatic heterocycles. The predicted molar refractivity (Wildman–Crippen MR) is 68.3 cm³/mol. The van der Waals surface area contributed by atoms with Gasteiger partial charge in [0.1, 0.15) is 0 Å². The van der Waals surface area contributed by atoms with Crippen molar-refractivity contribution in [2.45, 2.75) is 6.54 Å². The summed E-state index contributed by atoms with van der Waals surface area (Å²) in [7, 11) is 1.73. The smallest absolute Gasteiger partial charge is 0.284 e. The van der Waals surface area contributed by atoms with E-state index in [1.54, 1.807) is 28.6 Å². The molecule has 0 spiro atoms. The standard InChI is InChI=1S/C13H12N4O/c1-16-12-11(6-4-8-15-12)17(13(16)18)9-10-5-2-3-7-14-10/h2-8H,9H2,1H3. The molecule has 0 aromatic carbocycles. The van der Waals surface area contributed by atoms with Crippen LogP contribution in [0.15, 0.2) is 47.5 Å². The van der Waals surface area contributed by atoms with Crippen LogP contribution in [-0.2, 0) is 13.6 Å². The van der Waals surface area contributed by atoms with Crippen molar-refractivity contribution in [3.63, 3.8) is 0 Å². The normalized spacial score (nSPS) is 10.9. The Morgan fingerprint density at radius 2 is 1.94 bits per heavy atom. The Hall–Kier alpha value is -2.43. The molecule has 18 heavy (non-hydrogen) atoms. The number of imidazole rings is 1. The number of pyridine rings is 2.